The Bertz CT molecular complexity index is 1500. The van der Waals surface area contributed by atoms with Crippen molar-refractivity contribution in [2.24, 2.45) is 0 Å². The molecule has 1 N–H and O–H groups in total. The van der Waals surface area contributed by atoms with E-state index < -0.39 is 12.1 Å². The van der Waals surface area contributed by atoms with E-state index in [2.05, 4.69) is 85.6 Å². The summed E-state index contributed by atoms with van der Waals surface area (Å²) in [6.07, 6.45) is 4.72. The molecule has 0 saturated heterocycles. The summed E-state index contributed by atoms with van der Waals surface area (Å²) in [6.45, 7) is 3.55. The van der Waals surface area contributed by atoms with E-state index in [0.29, 0.717) is 13.0 Å². The number of carboxylic acid groups (broad SMARTS) is 1. The zero-order valence-corrected chi connectivity index (χ0v) is 25.6. The van der Waals surface area contributed by atoms with E-state index in [1.165, 1.54) is 46.1 Å². The highest BCUT2D eigenvalue weighted by atomic mass is 16.5. The molecular weight excluding hydrogens is 534 g/mol. The van der Waals surface area contributed by atoms with Gasteiger partial charge in [0.2, 0.25) is 0 Å². The van der Waals surface area contributed by atoms with E-state index in [9.17, 15) is 9.90 Å². The molecule has 2 unspecified atom stereocenters. The molecule has 5 rings (SSSR count). The van der Waals surface area contributed by atoms with Crippen LogP contribution in [0.1, 0.15) is 63.9 Å². The van der Waals surface area contributed by atoms with E-state index in [-0.39, 0.29) is 6.04 Å². The lowest BCUT2D eigenvalue weighted by atomic mass is 9.90. The molecule has 4 aromatic rings. The molecule has 0 aromatic heterocycles. The van der Waals surface area contributed by atoms with Crippen molar-refractivity contribution in [2.75, 3.05) is 27.3 Å². The van der Waals surface area contributed by atoms with Gasteiger partial charge in [0.15, 0.2) is 6.10 Å². The van der Waals surface area contributed by atoms with Gasteiger partial charge in [0.25, 0.3) is 0 Å². The fraction of sp³-hybridized carbons (Fsp3) is 0.342. The lowest BCUT2D eigenvalue weighted by Gasteiger charge is -2.31. The number of nitrogens with zero attached hydrogens (tertiary/aromatic N) is 1. The van der Waals surface area contributed by atoms with Crippen molar-refractivity contribution in [1.82, 2.24) is 4.90 Å². The van der Waals surface area contributed by atoms with Crippen molar-refractivity contribution in [3.05, 3.63) is 136 Å². The van der Waals surface area contributed by atoms with Crippen LogP contribution in [0.15, 0.2) is 91.0 Å². The molecule has 0 amide bonds. The Morgan fingerprint density at radius 1 is 0.860 bits per heavy atom. The van der Waals surface area contributed by atoms with E-state index in [4.69, 9.17) is 9.47 Å². The summed E-state index contributed by atoms with van der Waals surface area (Å²) in [7, 11) is 3.63. The second kappa shape index (κ2) is 14.5. The minimum Gasteiger partial charge on any atom is -0.492 e. The first-order valence-corrected chi connectivity index (χ1v) is 15.4. The van der Waals surface area contributed by atoms with Crippen LogP contribution < -0.4 is 4.74 Å². The predicted octanol–water partition coefficient (Wildman–Crippen LogP) is 7.07. The number of aryl methyl sites for hydroxylation is 3. The van der Waals surface area contributed by atoms with Gasteiger partial charge in [-0.25, -0.2) is 4.79 Å². The molecule has 0 radical (unpaired) electrons. The van der Waals surface area contributed by atoms with Crippen LogP contribution in [0, 0.1) is 0 Å². The van der Waals surface area contributed by atoms with E-state index in [1.54, 1.807) is 0 Å². The Labute approximate surface area is 256 Å². The summed E-state index contributed by atoms with van der Waals surface area (Å²) < 4.78 is 11.2. The maximum Gasteiger partial charge on any atom is 0.333 e. The number of fused-ring (bicyclic) bond motifs is 2. The molecule has 224 valence electrons. The first kappa shape index (κ1) is 30.5. The zero-order valence-electron chi connectivity index (χ0n) is 25.6. The number of hydrogen-bond acceptors (Lipinski definition) is 4. The van der Waals surface area contributed by atoms with Gasteiger partial charge in [0.1, 0.15) is 12.4 Å². The number of rotatable bonds is 13. The van der Waals surface area contributed by atoms with Crippen LogP contribution in [0.5, 0.6) is 5.75 Å². The molecule has 5 nitrogen and oxygen atoms in total. The van der Waals surface area contributed by atoms with Crippen molar-refractivity contribution >= 4 is 5.97 Å². The molecule has 5 heteroatoms. The van der Waals surface area contributed by atoms with Crippen LogP contribution in [0.4, 0.5) is 0 Å². The van der Waals surface area contributed by atoms with Crippen molar-refractivity contribution in [3.63, 3.8) is 0 Å². The Hall–Kier alpha value is -3.93. The van der Waals surface area contributed by atoms with Crippen molar-refractivity contribution in [2.45, 2.75) is 57.6 Å². The summed E-state index contributed by atoms with van der Waals surface area (Å²) in [5, 5.41) is 9.27. The van der Waals surface area contributed by atoms with Crippen molar-refractivity contribution < 1.29 is 19.4 Å². The molecule has 4 aromatic carbocycles. The molecule has 0 saturated carbocycles. The van der Waals surface area contributed by atoms with Gasteiger partial charge < -0.3 is 14.6 Å². The third-order valence-electron chi connectivity index (χ3n) is 8.52. The molecule has 0 spiro atoms. The molecule has 1 aliphatic carbocycles. The largest absolute Gasteiger partial charge is 0.492 e. The van der Waals surface area contributed by atoms with E-state index in [0.717, 1.165) is 50.0 Å². The fourth-order valence-corrected chi connectivity index (χ4v) is 6.21. The molecule has 2 atom stereocenters. The summed E-state index contributed by atoms with van der Waals surface area (Å²) in [4.78, 5) is 13.7. The highest BCUT2D eigenvalue weighted by molar-refractivity contribution is 5.72. The SMILES string of the molecule is CCCc1ccc2c(c1)C(N(C)CCOc1ccc(CC(OC)C(=O)O)cc1)c1ccc(Cc3ccccc3)cc1CC2. The molecule has 0 heterocycles. The number of aliphatic carboxylic acids is 1. The number of likely N-dealkylation sites (N-methyl/N-ethyl adjacent to an activating group) is 1. The van der Waals surface area contributed by atoms with Crippen LogP contribution in [0.25, 0.3) is 0 Å². The van der Waals surface area contributed by atoms with Gasteiger partial charge in [-0.3, -0.25) is 4.90 Å². The summed E-state index contributed by atoms with van der Waals surface area (Å²) in [5.74, 6) is -0.180. The normalized spacial score (nSPS) is 14.9. The lowest BCUT2D eigenvalue weighted by molar-refractivity contribution is -0.148. The van der Waals surface area contributed by atoms with Gasteiger partial charge in [-0.15, -0.1) is 0 Å². The van der Waals surface area contributed by atoms with Gasteiger partial charge in [0, 0.05) is 20.1 Å². The Kier molecular flexibility index (Phi) is 10.3. The van der Waals surface area contributed by atoms with Gasteiger partial charge in [-0.2, -0.15) is 0 Å². The van der Waals surface area contributed by atoms with Crippen LogP contribution >= 0.6 is 0 Å². The maximum atomic E-state index is 11.3. The second-order valence-electron chi connectivity index (χ2n) is 11.6. The Morgan fingerprint density at radius 2 is 1.58 bits per heavy atom. The van der Waals surface area contributed by atoms with E-state index >= 15 is 0 Å². The van der Waals surface area contributed by atoms with Crippen molar-refractivity contribution in [1.29, 1.82) is 0 Å². The van der Waals surface area contributed by atoms with Gasteiger partial charge in [0.05, 0.1) is 6.04 Å². The van der Waals surface area contributed by atoms with Gasteiger partial charge in [-0.1, -0.05) is 92.2 Å². The Morgan fingerprint density at radius 3 is 2.30 bits per heavy atom. The topological polar surface area (TPSA) is 59.0 Å². The standard InChI is InChI=1S/C38H43NO4/c1-4-8-27-11-15-31-16-17-32-24-30(23-28-9-6-5-7-10-28)14-20-34(32)37(35(31)25-27)39(2)21-22-43-33-18-12-29(13-19-33)26-36(42-3)38(40)41/h5-7,9-15,18-20,24-25,36-37H,4,8,16-17,21-23,26H2,1-3H3,(H,40,41). The fourth-order valence-electron chi connectivity index (χ4n) is 6.21. The van der Waals surface area contributed by atoms with Gasteiger partial charge in [-0.05, 0) is 89.4 Å². The molecule has 0 fully saturated rings. The minimum absolute atomic E-state index is 0.156. The second-order valence-corrected chi connectivity index (χ2v) is 11.6. The van der Waals surface area contributed by atoms with Gasteiger partial charge >= 0.3 is 5.97 Å². The van der Waals surface area contributed by atoms with Crippen molar-refractivity contribution in [3.8, 4) is 5.75 Å². The minimum atomic E-state index is -0.957. The van der Waals surface area contributed by atoms with Crippen LogP contribution in [-0.2, 0) is 41.6 Å². The number of methoxy groups -OCH3 is 1. The highest BCUT2D eigenvalue weighted by Gasteiger charge is 2.27. The van der Waals surface area contributed by atoms with Crippen LogP contribution in [0.2, 0.25) is 0 Å². The smallest absolute Gasteiger partial charge is 0.333 e. The lowest BCUT2D eigenvalue weighted by Crippen LogP contribution is -2.30. The average Bonchev–Trinajstić information content (AvgIpc) is 3.17. The summed E-state index contributed by atoms with van der Waals surface area (Å²) in [5.41, 5.74) is 10.7. The predicted molar refractivity (Wildman–Crippen MR) is 172 cm³/mol. The highest BCUT2D eigenvalue weighted by Crippen LogP contribution is 2.37. The summed E-state index contributed by atoms with van der Waals surface area (Å²) >= 11 is 0. The molecular formula is C38H43NO4. The quantitative estimate of drug-likeness (QED) is 0.184. The number of carboxylic acids is 1. The van der Waals surface area contributed by atoms with Crippen LogP contribution in [-0.4, -0.2) is 49.4 Å². The van der Waals surface area contributed by atoms with E-state index in [1.807, 2.05) is 24.3 Å². The summed E-state index contributed by atoms with van der Waals surface area (Å²) in [6, 6.07) is 32.7. The third-order valence-corrected chi connectivity index (χ3v) is 8.52. The third kappa shape index (κ3) is 7.73. The molecule has 1 aliphatic rings. The zero-order chi connectivity index (χ0) is 30.2. The number of carbonyl (C=O) groups is 1. The number of hydrogen-bond donors (Lipinski definition) is 1. The number of benzene rings is 4. The molecule has 43 heavy (non-hydrogen) atoms. The maximum absolute atomic E-state index is 11.3. The first-order valence-electron chi connectivity index (χ1n) is 15.4. The molecule has 0 bridgehead atoms. The average molecular weight is 578 g/mol. The monoisotopic (exact) mass is 577 g/mol. The first-order chi connectivity index (χ1) is 20.9. The number of ether oxygens (including phenoxy) is 2. The Balaban J connectivity index is 1.34. The molecule has 0 aliphatic heterocycles. The van der Waals surface area contributed by atoms with Crippen LogP contribution in [0.3, 0.4) is 0 Å².